The zero-order valence-electron chi connectivity index (χ0n) is 13.7. The van der Waals surface area contributed by atoms with Gasteiger partial charge in [-0.25, -0.2) is 14.4 Å². The van der Waals surface area contributed by atoms with E-state index in [9.17, 15) is 9.50 Å². The van der Waals surface area contributed by atoms with Crippen molar-refractivity contribution < 1.29 is 23.5 Å². The molecule has 1 fully saturated rings. The first-order valence-corrected chi connectivity index (χ1v) is 8.19. The second kappa shape index (κ2) is 6.99. The minimum absolute atomic E-state index is 0.0753. The first kappa shape index (κ1) is 16.3. The highest BCUT2D eigenvalue weighted by molar-refractivity contribution is 5.51. The third kappa shape index (κ3) is 3.74. The molecule has 2 heterocycles. The van der Waals surface area contributed by atoms with Crippen LogP contribution in [0.25, 0.3) is 11.5 Å². The first-order chi connectivity index (χ1) is 12.7. The molecule has 1 aliphatic carbocycles. The molecule has 7 nitrogen and oxygen atoms in total. The van der Waals surface area contributed by atoms with Gasteiger partial charge >= 0.3 is 0 Å². The van der Waals surface area contributed by atoms with Crippen molar-refractivity contribution in [3.8, 4) is 29.0 Å². The monoisotopic (exact) mass is 357 g/mol. The molecule has 1 N–H and O–H groups in total. The molecule has 0 bridgehead atoms. The topological polar surface area (TPSA) is 90.5 Å². The Kier molecular flexibility index (Phi) is 4.39. The minimum atomic E-state index is -0.276. The molecule has 8 heteroatoms. The van der Waals surface area contributed by atoms with Crippen LogP contribution in [0.4, 0.5) is 4.39 Å². The maximum Gasteiger partial charge on any atom is 0.252 e. The number of rotatable bonds is 6. The SMILES string of the molecule is Oc1cc(-c2cnc(OC3CC(COc4ccc(F)cc4)C3)cn2)on1. The average molecular weight is 357 g/mol. The second-order valence-electron chi connectivity index (χ2n) is 6.13. The Morgan fingerprint density at radius 1 is 1.15 bits per heavy atom. The molecule has 0 amide bonds. The van der Waals surface area contributed by atoms with Crippen molar-refractivity contribution in [1.29, 1.82) is 0 Å². The molecule has 3 aromatic rings. The maximum atomic E-state index is 12.8. The molecule has 134 valence electrons. The van der Waals surface area contributed by atoms with Crippen molar-refractivity contribution >= 4 is 0 Å². The molecule has 0 atom stereocenters. The number of hydrogen-bond donors (Lipinski definition) is 1. The number of benzene rings is 1. The van der Waals surface area contributed by atoms with Crippen LogP contribution in [0.3, 0.4) is 0 Å². The number of hydrogen-bond acceptors (Lipinski definition) is 7. The van der Waals surface area contributed by atoms with Crippen LogP contribution in [0.5, 0.6) is 17.5 Å². The lowest BCUT2D eigenvalue weighted by molar-refractivity contribution is 0.0353. The third-order valence-corrected chi connectivity index (χ3v) is 4.16. The molecule has 1 aliphatic rings. The average Bonchev–Trinajstić information content (AvgIpc) is 3.05. The normalized spacial score (nSPS) is 19.0. The van der Waals surface area contributed by atoms with Crippen molar-refractivity contribution in [2.24, 2.45) is 5.92 Å². The van der Waals surface area contributed by atoms with Crippen LogP contribution in [0.2, 0.25) is 0 Å². The zero-order chi connectivity index (χ0) is 17.9. The van der Waals surface area contributed by atoms with E-state index in [1.807, 2.05) is 0 Å². The van der Waals surface area contributed by atoms with Crippen LogP contribution in [-0.2, 0) is 0 Å². The van der Waals surface area contributed by atoms with Crippen LogP contribution < -0.4 is 9.47 Å². The van der Waals surface area contributed by atoms with Gasteiger partial charge in [0.2, 0.25) is 5.88 Å². The summed E-state index contributed by atoms with van der Waals surface area (Å²) in [5, 5.41) is 12.6. The molecule has 2 aromatic heterocycles. The number of halogens is 1. The van der Waals surface area contributed by atoms with Crippen LogP contribution >= 0.6 is 0 Å². The molecule has 26 heavy (non-hydrogen) atoms. The lowest BCUT2D eigenvalue weighted by Crippen LogP contribution is -2.37. The van der Waals surface area contributed by atoms with Crippen molar-refractivity contribution in [2.75, 3.05) is 6.61 Å². The van der Waals surface area contributed by atoms with Crippen LogP contribution in [0.15, 0.2) is 47.2 Å². The van der Waals surface area contributed by atoms with Crippen molar-refractivity contribution in [1.82, 2.24) is 15.1 Å². The van der Waals surface area contributed by atoms with Gasteiger partial charge < -0.3 is 19.1 Å². The molecular weight excluding hydrogens is 341 g/mol. The summed E-state index contributed by atoms with van der Waals surface area (Å²) in [6, 6.07) is 7.36. The Morgan fingerprint density at radius 2 is 1.96 bits per heavy atom. The highest BCUT2D eigenvalue weighted by Gasteiger charge is 2.31. The molecule has 0 spiro atoms. The molecule has 4 rings (SSSR count). The summed E-state index contributed by atoms with van der Waals surface area (Å²) in [6.45, 7) is 0.574. The standard InChI is InChI=1S/C18H16FN3O4/c19-12-1-3-13(4-2-12)24-10-11-5-14(6-11)25-18-9-20-15(8-21-18)16-7-17(23)22-26-16/h1-4,7-9,11,14H,5-6,10H2,(H,22,23). The minimum Gasteiger partial charge on any atom is -0.493 e. The van der Waals surface area contributed by atoms with Gasteiger partial charge in [0.25, 0.3) is 5.88 Å². The number of aromatic nitrogens is 3. The predicted molar refractivity (Wildman–Crippen MR) is 88.2 cm³/mol. The predicted octanol–water partition coefficient (Wildman–Crippen LogP) is 3.21. The number of nitrogens with zero attached hydrogens (tertiary/aromatic N) is 3. The van der Waals surface area contributed by atoms with E-state index in [1.54, 1.807) is 12.1 Å². The number of ether oxygens (including phenoxy) is 2. The van der Waals surface area contributed by atoms with E-state index in [2.05, 4.69) is 15.1 Å². The van der Waals surface area contributed by atoms with Crippen molar-refractivity contribution in [3.63, 3.8) is 0 Å². The van der Waals surface area contributed by atoms with Gasteiger partial charge in [-0.2, -0.15) is 0 Å². The van der Waals surface area contributed by atoms with Crippen LogP contribution in [0, 0.1) is 11.7 Å². The van der Waals surface area contributed by atoms with E-state index < -0.39 is 0 Å². The van der Waals surface area contributed by atoms with Crippen LogP contribution in [-0.4, -0.2) is 32.9 Å². The van der Waals surface area contributed by atoms with Crippen molar-refractivity contribution in [3.05, 3.63) is 48.5 Å². The number of aromatic hydroxyl groups is 1. The lowest BCUT2D eigenvalue weighted by atomic mass is 9.83. The van der Waals surface area contributed by atoms with Gasteiger partial charge in [-0.3, -0.25) is 0 Å². The summed E-state index contributed by atoms with van der Waals surface area (Å²) in [5.74, 6) is 1.35. The van der Waals surface area contributed by atoms with Gasteiger partial charge in [0.1, 0.15) is 23.4 Å². The quantitative estimate of drug-likeness (QED) is 0.724. The first-order valence-electron chi connectivity index (χ1n) is 8.19. The van der Waals surface area contributed by atoms with Gasteiger partial charge in [-0.15, -0.1) is 0 Å². The molecule has 1 saturated carbocycles. The molecular formula is C18H16FN3O4. The van der Waals surface area contributed by atoms with Gasteiger partial charge in [-0.1, -0.05) is 0 Å². The lowest BCUT2D eigenvalue weighted by Gasteiger charge is -2.34. The largest absolute Gasteiger partial charge is 0.493 e. The molecule has 1 aromatic carbocycles. The van der Waals surface area contributed by atoms with Crippen LogP contribution in [0.1, 0.15) is 12.8 Å². The molecule has 0 aliphatic heterocycles. The van der Waals surface area contributed by atoms with E-state index in [-0.39, 0.29) is 17.8 Å². The fraction of sp³-hybridized carbons (Fsp3) is 0.278. The van der Waals surface area contributed by atoms with E-state index in [0.717, 1.165) is 12.8 Å². The Labute approximate surface area is 148 Å². The molecule has 0 saturated heterocycles. The van der Waals surface area contributed by atoms with Gasteiger partial charge in [0, 0.05) is 0 Å². The summed E-state index contributed by atoms with van der Waals surface area (Å²) in [5.41, 5.74) is 0.462. The maximum absolute atomic E-state index is 12.8. The molecule has 0 unspecified atom stereocenters. The Hall–Kier alpha value is -3.16. The smallest absolute Gasteiger partial charge is 0.252 e. The Bertz CT molecular complexity index is 861. The summed E-state index contributed by atoms with van der Waals surface area (Å²) >= 11 is 0. The van der Waals surface area contributed by atoms with Gasteiger partial charge in [0.15, 0.2) is 5.76 Å². The van der Waals surface area contributed by atoms with E-state index in [4.69, 9.17) is 14.0 Å². The summed E-state index contributed by atoms with van der Waals surface area (Å²) in [6.07, 6.45) is 4.81. The van der Waals surface area contributed by atoms with Gasteiger partial charge in [-0.05, 0) is 48.2 Å². The fourth-order valence-corrected chi connectivity index (χ4v) is 2.71. The summed E-state index contributed by atoms with van der Waals surface area (Å²) in [4.78, 5) is 8.38. The highest BCUT2D eigenvalue weighted by Crippen LogP contribution is 2.31. The van der Waals surface area contributed by atoms with E-state index in [1.165, 1.54) is 30.6 Å². The van der Waals surface area contributed by atoms with E-state index in [0.29, 0.717) is 35.6 Å². The molecule has 0 radical (unpaired) electrons. The fourth-order valence-electron chi connectivity index (χ4n) is 2.71. The van der Waals surface area contributed by atoms with Crippen molar-refractivity contribution in [2.45, 2.75) is 18.9 Å². The Morgan fingerprint density at radius 3 is 2.62 bits per heavy atom. The summed E-state index contributed by atoms with van der Waals surface area (Å²) in [7, 11) is 0. The third-order valence-electron chi connectivity index (χ3n) is 4.16. The van der Waals surface area contributed by atoms with Gasteiger partial charge in [0.05, 0.1) is 25.1 Å². The Balaban J connectivity index is 1.23. The second-order valence-corrected chi connectivity index (χ2v) is 6.13. The zero-order valence-corrected chi connectivity index (χ0v) is 13.7. The highest BCUT2D eigenvalue weighted by atomic mass is 19.1. The van der Waals surface area contributed by atoms with E-state index >= 15 is 0 Å². The summed E-state index contributed by atoms with van der Waals surface area (Å²) < 4.78 is 29.2.